The second-order valence-corrected chi connectivity index (χ2v) is 5.21. The van der Waals surface area contributed by atoms with E-state index in [1.54, 1.807) is 11.9 Å². The molecule has 0 unspecified atom stereocenters. The van der Waals surface area contributed by atoms with Crippen LogP contribution in [0.3, 0.4) is 0 Å². The molecule has 21 heavy (non-hydrogen) atoms. The van der Waals surface area contributed by atoms with E-state index in [4.69, 9.17) is 11.6 Å². The van der Waals surface area contributed by atoms with Crippen LogP contribution >= 0.6 is 11.6 Å². The minimum Gasteiger partial charge on any atom is -0.354 e. The van der Waals surface area contributed by atoms with Crippen molar-refractivity contribution in [2.75, 3.05) is 23.8 Å². The summed E-state index contributed by atoms with van der Waals surface area (Å²) >= 11 is 5.96. The van der Waals surface area contributed by atoms with E-state index in [0.717, 1.165) is 18.5 Å². The van der Waals surface area contributed by atoms with E-state index in [2.05, 4.69) is 15.3 Å². The zero-order chi connectivity index (χ0) is 15.2. The number of nitrogens with zero attached hydrogens (tertiary/aromatic N) is 3. The van der Waals surface area contributed by atoms with Gasteiger partial charge in [-0.25, -0.2) is 9.37 Å². The van der Waals surface area contributed by atoms with E-state index in [0.29, 0.717) is 17.5 Å². The molecule has 1 aromatic carbocycles. The van der Waals surface area contributed by atoms with E-state index < -0.39 is 5.82 Å². The van der Waals surface area contributed by atoms with Crippen molar-refractivity contribution in [3.05, 3.63) is 46.9 Å². The second kappa shape index (κ2) is 7.22. The quantitative estimate of drug-likeness (QED) is 0.883. The maximum Gasteiger partial charge on any atom is 0.224 e. The van der Waals surface area contributed by atoms with Gasteiger partial charge in [0.25, 0.3) is 0 Å². The van der Waals surface area contributed by atoms with Crippen molar-refractivity contribution in [2.45, 2.75) is 19.9 Å². The Bertz CT molecular complexity index is 606. The summed E-state index contributed by atoms with van der Waals surface area (Å²) in [7, 11) is 1.79. The molecule has 0 aliphatic heterocycles. The molecular weight excluding hydrogens is 291 g/mol. The molecule has 0 saturated carbocycles. The first-order valence-corrected chi connectivity index (χ1v) is 7.20. The fourth-order valence-electron chi connectivity index (χ4n) is 1.93. The normalized spacial score (nSPS) is 10.5. The van der Waals surface area contributed by atoms with E-state index in [9.17, 15) is 4.39 Å². The fourth-order valence-corrected chi connectivity index (χ4v) is 2.14. The van der Waals surface area contributed by atoms with Crippen molar-refractivity contribution < 1.29 is 4.39 Å². The summed E-state index contributed by atoms with van der Waals surface area (Å²) in [6.45, 7) is 3.31. The van der Waals surface area contributed by atoms with Gasteiger partial charge in [0.2, 0.25) is 5.95 Å². The molecule has 0 aliphatic carbocycles. The van der Waals surface area contributed by atoms with E-state index in [-0.39, 0.29) is 5.82 Å². The summed E-state index contributed by atoms with van der Waals surface area (Å²) in [6, 6.07) is 7.48. The Balaban J connectivity index is 2.15. The third kappa shape index (κ3) is 4.29. The molecule has 2 rings (SSSR count). The highest BCUT2D eigenvalue weighted by Gasteiger charge is 2.12. The van der Waals surface area contributed by atoms with Crippen LogP contribution in [0, 0.1) is 5.82 Å². The number of halogens is 2. The van der Waals surface area contributed by atoms with E-state index >= 15 is 0 Å². The monoisotopic (exact) mass is 308 g/mol. The zero-order valence-electron chi connectivity index (χ0n) is 12.1. The van der Waals surface area contributed by atoms with Crippen LogP contribution in [0.15, 0.2) is 30.5 Å². The molecule has 0 radical (unpaired) electrons. The standard InChI is InChI=1S/C15H18ClFN4/c1-3-7-18-15-19-9-13(17)14(20-15)21(2)10-11-5-4-6-12(16)8-11/h4-6,8-9H,3,7,10H2,1-2H3,(H,18,19,20). The number of aromatic nitrogens is 2. The van der Waals surface area contributed by atoms with Gasteiger partial charge >= 0.3 is 0 Å². The molecular formula is C15H18ClFN4. The average Bonchev–Trinajstić information content (AvgIpc) is 2.46. The van der Waals surface area contributed by atoms with E-state index in [1.165, 1.54) is 6.20 Å². The lowest BCUT2D eigenvalue weighted by molar-refractivity contribution is 0.607. The Morgan fingerprint density at radius 2 is 2.19 bits per heavy atom. The lowest BCUT2D eigenvalue weighted by Gasteiger charge is -2.19. The van der Waals surface area contributed by atoms with Gasteiger partial charge in [0.1, 0.15) is 0 Å². The van der Waals surface area contributed by atoms with Crippen LogP contribution in [0.5, 0.6) is 0 Å². The number of hydrogen-bond donors (Lipinski definition) is 1. The minimum absolute atomic E-state index is 0.267. The van der Waals surface area contributed by atoms with Crippen molar-refractivity contribution >= 4 is 23.4 Å². The number of rotatable bonds is 6. The van der Waals surface area contributed by atoms with Crippen LogP contribution in [0.25, 0.3) is 0 Å². The molecule has 0 fully saturated rings. The van der Waals surface area contributed by atoms with Crippen molar-refractivity contribution in [1.29, 1.82) is 0 Å². The van der Waals surface area contributed by atoms with Crippen molar-refractivity contribution in [3.8, 4) is 0 Å². The number of anilines is 2. The third-order valence-electron chi connectivity index (χ3n) is 2.93. The van der Waals surface area contributed by atoms with Gasteiger partial charge in [0.05, 0.1) is 6.20 Å². The summed E-state index contributed by atoms with van der Waals surface area (Å²) in [5.74, 6) is 0.261. The summed E-state index contributed by atoms with van der Waals surface area (Å²) in [6.07, 6.45) is 2.14. The first-order valence-electron chi connectivity index (χ1n) is 6.82. The molecule has 112 valence electrons. The lowest BCUT2D eigenvalue weighted by Crippen LogP contribution is -2.20. The van der Waals surface area contributed by atoms with Crippen LogP contribution in [0.2, 0.25) is 5.02 Å². The van der Waals surface area contributed by atoms with Gasteiger partial charge in [-0.1, -0.05) is 30.7 Å². The first kappa shape index (κ1) is 15.5. The molecule has 4 nitrogen and oxygen atoms in total. The molecule has 0 amide bonds. The molecule has 1 N–H and O–H groups in total. The highest BCUT2D eigenvalue weighted by atomic mass is 35.5. The summed E-state index contributed by atoms with van der Waals surface area (Å²) in [4.78, 5) is 9.89. The summed E-state index contributed by atoms with van der Waals surface area (Å²) < 4.78 is 13.9. The molecule has 0 atom stereocenters. The van der Waals surface area contributed by atoms with Gasteiger partial charge in [0, 0.05) is 25.2 Å². The summed E-state index contributed by atoms with van der Waals surface area (Å²) in [5.41, 5.74) is 0.992. The fraction of sp³-hybridized carbons (Fsp3) is 0.333. The van der Waals surface area contributed by atoms with Gasteiger partial charge in [-0.3, -0.25) is 0 Å². The molecule has 1 heterocycles. The van der Waals surface area contributed by atoms with Gasteiger partial charge in [-0.05, 0) is 24.1 Å². The molecule has 1 aromatic heterocycles. The molecule has 0 aliphatic rings. The zero-order valence-corrected chi connectivity index (χ0v) is 12.9. The largest absolute Gasteiger partial charge is 0.354 e. The van der Waals surface area contributed by atoms with Crippen LogP contribution in [0.1, 0.15) is 18.9 Å². The van der Waals surface area contributed by atoms with Crippen LogP contribution in [0.4, 0.5) is 16.2 Å². The maximum absolute atomic E-state index is 13.9. The first-order chi connectivity index (χ1) is 10.1. The topological polar surface area (TPSA) is 41.1 Å². The van der Waals surface area contributed by atoms with Crippen LogP contribution < -0.4 is 10.2 Å². The van der Waals surface area contributed by atoms with Gasteiger partial charge in [-0.15, -0.1) is 0 Å². The molecule has 2 aromatic rings. The molecule has 0 bridgehead atoms. The van der Waals surface area contributed by atoms with E-state index in [1.807, 2.05) is 31.2 Å². The Kier molecular flexibility index (Phi) is 5.33. The highest BCUT2D eigenvalue weighted by Crippen LogP contribution is 2.19. The predicted octanol–water partition coefficient (Wildman–Crippen LogP) is 3.73. The number of hydrogen-bond acceptors (Lipinski definition) is 4. The number of nitrogens with one attached hydrogen (secondary N) is 1. The molecule has 6 heteroatoms. The Morgan fingerprint density at radius 3 is 2.90 bits per heavy atom. The average molecular weight is 309 g/mol. The lowest BCUT2D eigenvalue weighted by atomic mass is 10.2. The van der Waals surface area contributed by atoms with Crippen molar-refractivity contribution in [3.63, 3.8) is 0 Å². The minimum atomic E-state index is -0.443. The SMILES string of the molecule is CCCNc1ncc(F)c(N(C)Cc2cccc(Cl)c2)n1. The van der Waals surface area contributed by atoms with Gasteiger partial charge in [0.15, 0.2) is 11.6 Å². The van der Waals surface area contributed by atoms with Gasteiger partial charge < -0.3 is 10.2 Å². The highest BCUT2D eigenvalue weighted by molar-refractivity contribution is 6.30. The van der Waals surface area contributed by atoms with Crippen LogP contribution in [-0.4, -0.2) is 23.6 Å². The third-order valence-corrected chi connectivity index (χ3v) is 3.16. The Labute approximate surface area is 129 Å². The van der Waals surface area contributed by atoms with Crippen LogP contribution in [-0.2, 0) is 6.54 Å². The van der Waals surface area contributed by atoms with Crippen molar-refractivity contribution in [2.24, 2.45) is 0 Å². The summed E-state index contributed by atoms with van der Waals surface area (Å²) in [5, 5.41) is 3.71. The predicted molar refractivity (Wildman–Crippen MR) is 84.3 cm³/mol. The maximum atomic E-state index is 13.9. The smallest absolute Gasteiger partial charge is 0.224 e. The second-order valence-electron chi connectivity index (χ2n) is 4.78. The Hall–Kier alpha value is -1.88. The molecule has 0 spiro atoms. The van der Waals surface area contributed by atoms with Crippen molar-refractivity contribution in [1.82, 2.24) is 9.97 Å². The van der Waals surface area contributed by atoms with Gasteiger partial charge in [-0.2, -0.15) is 4.98 Å². The molecule has 0 saturated heterocycles. The Morgan fingerprint density at radius 1 is 1.38 bits per heavy atom. The number of benzene rings is 1.